The van der Waals surface area contributed by atoms with E-state index in [2.05, 4.69) is 240 Å². The van der Waals surface area contributed by atoms with E-state index in [-0.39, 0.29) is 50.4 Å². The van der Waals surface area contributed by atoms with E-state index >= 15 is 0 Å². The summed E-state index contributed by atoms with van der Waals surface area (Å²) in [7, 11) is 0. The maximum atomic E-state index is 12.9. The van der Waals surface area contributed by atoms with Gasteiger partial charge in [-0.1, -0.05) is 240 Å². The van der Waals surface area contributed by atoms with Crippen molar-refractivity contribution in [3.63, 3.8) is 0 Å². The van der Waals surface area contributed by atoms with Crippen LogP contribution in [0.1, 0.15) is 213 Å². The second-order valence-electron chi connectivity index (χ2n) is 19.5. The highest BCUT2D eigenvalue weighted by atomic mass is 16.6. The molecule has 81 heavy (non-hydrogen) atoms. The van der Waals surface area contributed by atoms with Gasteiger partial charge in [-0.2, -0.15) is 0 Å². The summed E-state index contributed by atoms with van der Waals surface area (Å²) < 4.78 is 16.8. The van der Waals surface area contributed by atoms with Crippen LogP contribution in [0.4, 0.5) is 0 Å². The standard InChI is InChI=1S/C75H110O6/c1-4-7-10-13-16-19-22-25-28-31-34-37-40-43-46-49-52-55-58-61-64-67-73(76)79-70-72(81-75(78)69-66-63-60-57-54-51-48-45-42-39-36-33-30-27-24-21-18-15-12-9-6-3)71-80-74(77)68-65-62-59-56-53-50-47-44-41-38-35-32-29-26-23-20-17-14-11-8-5-2/h7-12,16-21,25-30,34-39,43-48,52-57,72H,4-6,13-15,22-24,31-33,40-42,49-51,58-71H2,1-3H3/b10-7-,11-8-,12-9-,19-16-,20-17-,21-18-,28-25-,29-26-,30-27-,37-34-,38-35-,39-36-,46-43-,47-44-,48-45-,55-52-,56-53-,57-54-. The smallest absolute Gasteiger partial charge is 0.306 e. The first-order chi connectivity index (χ1) is 40.0. The third-order valence-electron chi connectivity index (χ3n) is 12.0. The van der Waals surface area contributed by atoms with Gasteiger partial charge >= 0.3 is 17.9 Å². The molecule has 0 aliphatic rings. The number of carbonyl (C=O) groups excluding carboxylic acids is 3. The quantitative estimate of drug-likeness (QED) is 0.0261. The summed E-state index contributed by atoms with van der Waals surface area (Å²) in [5.74, 6) is -1.09. The molecule has 0 amide bonds. The van der Waals surface area contributed by atoms with Crippen molar-refractivity contribution in [1.29, 1.82) is 0 Å². The summed E-state index contributed by atoms with van der Waals surface area (Å²) in [4.78, 5) is 38.3. The number of hydrogen-bond donors (Lipinski definition) is 0. The fourth-order valence-corrected chi connectivity index (χ4v) is 7.39. The van der Waals surface area contributed by atoms with Crippen molar-refractivity contribution in [1.82, 2.24) is 0 Å². The Bertz CT molecular complexity index is 1950. The van der Waals surface area contributed by atoms with Crippen LogP contribution in [0.25, 0.3) is 0 Å². The second-order valence-corrected chi connectivity index (χ2v) is 19.5. The van der Waals surface area contributed by atoms with E-state index in [4.69, 9.17) is 14.2 Å². The molecule has 0 spiro atoms. The molecule has 0 saturated heterocycles. The molecule has 0 aromatic rings. The number of ether oxygens (including phenoxy) is 3. The van der Waals surface area contributed by atoms with E-state index in [9.17, 15) is 14.4 Å². The Morgan fingerprint density at radius 1 is 0.247 bits per heavy atom. The minimum atomic E-state index is -0.855. The maximum absolute atomic E-state index is 12.9. The molecular weight excluding hydrogens is 997 g/mol. The number of allylic oxidation sites excluding steroid dienone is 36. The van der Waals surface area contributed by atoms with Crippen LogP contribution in [0.5, 0.6) is 0 Å². The van der Waals surface area contributed by atoms with Gasteiger partial charge in [0.05, 0.1) is 0 Å². The fraction of sp³-hybridized carbons (Fsp3) is 0.480. The zero-order valence-corrected chi connectivity index (χ0v) is 50.9. The van der Waals surface area contributed by atoms with Crippen LogP contribution in [0.2, 0.25) is 0 Å². The molecule has 0 aliphatic heterocycles. The van der Waals surface area contributed by atoms with Crippen molar-refractivity contribution >= 4 is 17.9 Å². The summed E-state index contributed by atoms with van der Waals surface area (Å²) in [6.45, 7) is 6.16. The number of unbranched alkanes of at least 4 members (excludes halogenated alkanes) is 6. The Kier molecular flexibility index (Phi) is 61.1. The molecule has 0 rings (SSSR count). The van der Waals surface area contributed by atoms with E-state index in [1.165, 1.54) is 0 Å². The highest BCUT2D eigenvalue weighted by Gasteiger charge is 2.19. The lowest BCUT2D eigenvalue weighted by molar-refractivity contribution is -0.167. The van der Waals surface area contributed by atoms with Crippen LogP contribution in [-0.2, 0) is 28.6 Å². The van der Waals surface area contributed by atoms with Crippen molar-refractivity contribution in [2.24, 2.45) is 0 Å². The van der Waals surface area contributed by atoms with E-state index < -0.39 is 6.10 Å². The zero-order valence-electron chi connectivity index (χ0n) is 50.9. The van der Waals surface area contributed by atoms with Gasteiger partial charge in [0, 0.05) is 19.3 Å². The molecule has 0 unspecified atom stereocenters. The van der Waals surface area contributed by atoms with Crippen LogP contribution in [0.3, 0.4) is 0 Å². The number of carbonyl (C=O) groups is 3. The third-order valence-corrected chi connectivity index (χ3v) is 12.0. The topological polar surface area (TPSA) is 78.9 Å². The van der Waals surface area contributed by atoms with E-state index in [1.54, 1.807) is 0 Å². The number of esters is 3. The minimum absolute atomic E-state index is 0.147. The Morgan fingerprint density at radius 3 is 0.642 bits per heavy atom. The van der Waals surface area contributed by atoms with Crippen LogP contribution < -0.4 is 0 Å². The zero-order chi connectivity index (χ0) is 58.5. The normalized spacial score (nSPS) is 13.3. The molecule has 0 fully saturated rings. The van der Waals surface area contributed by atoms with Crippen molar-refractivity contribution in [3.05, 3.63) is 219 Å². The van der Waals surface area contributed by atoms with Gasteiger partial charge < -0.3 is 14.2 Å². The number of hydrogen-bond acceptors (Lipinski definition) is 6. The van der Waals surface area contributed by atoms with Crippen molar-refractivity contribution in [3.8, 4) is 0 Å². The summed E-state index contributed by atoms with van der Waals surface area (Å²) >= 11 is 0. The van der Waals surface area contributed by atoms with Gasteiger partial charge in [-0.15, -0.1) is 0 Å². The average Bonchev–Trinajstić information content (AvgIpc) is 3.47. The van der Waals surface area contributed by atoms with Crippen LogP contribution >= 0.6 is 0 Å². The van der Waals surface area contributed by atoms with E-state index in [0.717, 1.165) is 154 Å². The van der Waals surface area contributed by atoms with Gasteiger partial charge in [0.2, 0.25) is 0 Å². The van der Waals surface area contributed by atoms with E-state index in [1.807, 2.05) is 0 Å². The Labute approximate surface area is 495 Å². The minimum Gasteiger partial charge on any atom is -0.462 e. The maximum Gasteiger partial charge on any atom is 0.306 e. The third kappa shape index (κ3) is 64.4. The van der Waals surface area contributed by atoms with Gasteiger partial charge in [0.1, 0.15) is 13.2 Å². The molecule has 0 aliphatic carbocycles. The highest BCUT2D eigenvalue weighted by Crippen LogP contribution is 2.10. The second kappa shape index (κ2) is 66.2. The molecule has 0 aromatic heterocycles. The summed E-state index contributed by atoms with van der Waals surface area (Å²) in [6.07, 6.45) is 104. The summed E-state index contributed by atoms with van der Waals surface area (Å²) in [5, 5.41) is 0. The van der Waals surface area contributed by atoms with Crippen LogP contribution in [-0.4, -0.2) is 37.2 Å². The first-order valence-corrected chi connectivity index (χ1v) is 31.2. The van der Waals surface area contributed by atoms with Gasteiger partial charge in [0.25, 0.3) is 0 Å². The van der Waals surface area contributed by atoms with Crippen molar-refractivity contribution in [2.75, 3.05) is 13.2 Å². The predicted molar refractivity (Wildman–Crippen MR) is 352 cm³/mol. The molecule has 0 N–H and O–H groups in total. The Morgan fingerprint density at radius 2 is 0.432 bits per heavy atom. The molecule has 0 atom stereocenters. The largest absolute Gasteiger partial charge is 0.462 e. The molecule has 0 aromatic carbocycles. The Balaban J connectivity index is 4.69. The first kappa shape index (κ1) is 74.7. The predicted octanol–water partition coefficient (Wildman–Crippen LogP) is 21.8. The molecule has 0 radical (unpaired) electrons. The lowest BCUT2D eigenvalue weighted by Gasteiger charge is -2.18. The lowest BCUT2D eigenvalue weighted by Crippen LogP contribution is -2.30. The molecule has 446 valence electrons. The molecule has 0 bridgehead atoms. The monoisotopic (exact) mass is 1110 g/mol. The number of rotatable bonds is 53. The van der Waals surface area contributed by atoms with Crippen molar-refractivity contribution < 1.29 is 28.6 Å². The molecule has 0 heterocycles. The molecular formula is C75H110O6. The van der Waals surface area contributed by atoms with Crippen LogP contribution in [0.15, 0.2) is 219 Å². The van der Waals surface area contributed by atoms with Gasteiger partial charge in [0.15, 0.2) is 6.10 Å². The molecule has 6 nitrogen and oxygen atoms in total. The summed E-state index contributed by atoms with van der Waals surface area (Å²) in [5.41, 5.74) is 0. The van der Waals surface area contributed by atoms with Gasteiger partial charge in [-0.25, -0.2) is 0 Å². The average molecular weight is 1110 g/mol. The summed E-state index contributed by atoms with van der Waals surface area (Å²) in [6, 6.07) is 0. The SMILES string of the molecule is CC/C=C\C/C=C\C/C=C\C/C=C\C/C=C\C/C=C\CCCCC(=O)OCC(COC(=O)CCCC/C=C\C/C=C\C/C=C\C/C=C\C/C=C\C/C=C\CC)OC(=O)CCCC/C=C\C/C=C\C/C=C\C/C=C\C/C=C\C/C=C\CC. The van der Waals surface area contributed by atoms with E-state index in [0.29, 0.717) is 19.3 Å². The van der Waals surface area contributed by atoms with Crippen molar-refractivity contribution in [2.45, 2.75) is 219 Å². The lowest BCUT2D eigenvalue weighted by atomic mass is 10.1. The highest BCUT2D eigenvalue weighted by molar-refractivity contribution is 5.71. The molecule has 6 heteroatoms. The van der Waals surface area contributed by atoms with Gasteiger partial charge in [-0.3, -0.25) is 14.4 Å². The van der Waals surface area contributed by atoms with Crippen LogP contribution in [0, 0.1) is 0 Å². The fourth-order valence-electron chi connectivity index (χ4n) is 7.39. The van der Waals surface area contributed by atoms with Gasteiger partial charge in [-0.05, 0) is 173 Å². The Hall–Kier alpha value is -6.27. The first-order valence-electron chi connectivity index (χ1n) is 31.2. The molecule has 0 saturated carbocycles.